The number of carbonyl (C=O) groups excluding carboxylic acids is 2. The molecule has 1 fully saturated rings. The van der Waals surface area contributed by atoms with Crippen LogP contribution >= 0.6 is 11.3 Å². The molecule has 2 rings (SSSR count). The van der Waals surface area contributed by atoms with Gasteiger partial charge >= 0.3 is 6.09 Å². The first kappa shape index (κ1) is 21.7. The number of hydrogen-bond donors (Lipinski definition) is 2. The van der Waals surface area contributed by atoms with Crippen LogP contribution in [0.4, 0.5) is 4.79 Å². The van der Waals surface area contributed by atoms with Crippen molar-refractivity contribution in [3.8, 4) is 0 Å². The Hall–Kier alpha value is -1.60. The number of alkyl carbamates (subject to hydrolysis) is 1. The Morgan fingerprint density at radius 2 is 2.00 bits per heavy atom. The van der Waals surface area contributed by atoms with Crippen molar-refractivity contribution >= 4 is 23.3 Å². The van der Waals surface area contributed by atoms with Crippen molar-refractivity contribution in [3.63, 3.8) is 0 Å². The Labute approximate surface area is 166 Å². The lowest BCUT2D eigenvalue weighted by molar-refractivity contribution is -0.121. The zero-order chi connectivity index (χ0) is 19.9. The highest BCUT2D eigenvalue weighted by atomic mass is 32.1. The second-order valence-corrected chi connectivity index (χ2v) is 9.21. The molecular weight excluding hydrogens is 362 g/mol. The van der Waals surface area contributed by atoms with Crippen LogP contribution in [0.25, 0.3) is 0 Å². The smallest absolute Gasteiger partial charge is 0.407 e. The molecule has 1 atom stereocenters. The third-order valence-corrected chi connectivity index (χ3v) is 5.62. The van der Waals surface area contributed by atoms with Gasteiger partial charge in [0.05, 0.1) is 6.04 Å². The van der Waals surface area contributed by atoms with Crippen LogP contribution in [-0.4, -0.2) is 48.7 Å². The molecule has 1 aliphatic rings. The summed E-state index contributed by atoms with van der Waals surface area (Å²) in [6, 6.07) is 4.43. The zero-order valence-corrected chi connectivity index (χ0v) is 17.7. The molecule has 0 spiro atoms. The molecule has 2 heterocycles. The molecule has 0 saturated carbocycles. The van der Waals surface area contributed by atoms with E-state index >= 15 is 0 Å². The average Bonchev–Trinajstić information content (AvgIpc) is 3.09. The minimum atomic E-state index is -0.536. The van der Waals surface area contributed by atoms with Crippen LogP contribution in [0.1, 0.15) is 57.9 Å². The zero-order valence-electron chi connectivity index (χ0n) is 16.9. The number of rotatable bonds is 7. The molecule has 0 bridgehead atoms. The summed E-state index contributed by atoms with van der Waals surface area (Å²) < 4.78 is 5.17. The standard InChI is InChI=1S/C20H33N3O3S/c1-15-8-11-23(12-9-15)16(17-6-5-13-27-17)14-22-18(24)7-10-21-19(25)26-20(2,3)4/h5-6,13,15-16H,7-12,14H2,1-4H3,(H,21,25)(H,22,24). The summed E-state index contributed by atoms with van der Waals surface area (Å²) in [5.74, 6) is 0.719. The lowest BCUT2D eigenvalue weighted by Gasteiger charge is -2.36. The quantitative estimate of drug-likeness (QED) is 0.741. The average molecular weight is 396 g/mol. The highest BCUT2D eigenvalue weighted by Crippen LogP contribution is 2.29. The maximum absolute atomic E-state index is 12.2. The fraction of sp³-hybridized carbons (Fsp3) is 0.700. The summed E-state index contributed by atoms with van der Waals surface area (Å²) in [5, 5.41) is 7.74. The molecule has 2 N–H and O–H groups in total. The fourth-order valence-electron chi connectivity index (χ4n) is 3.12. The maximum atomic E-state index is 12.2. The highest BCUT2D eigenvalue weighted by Gasteiger charge is 2.25. The number of carbonyl (C=O) groups is 2. The van der Waals surface area contributed by atoms with Gasteiger partial charge in [0.2, 0.25) is 5.91 Å². The highest BCUT2D eigenvalue weighted by molar-refractivity contribution is 7.10. The first-order valence-electron chi connectivity index (χ1n) is 9.75. The van der Waals surface area contributed by atoms with Gasteiger partial charge in [-0.3, -0.25) is 9.69 Å². The van der Waals surface area contributed by atoms with Crippen LogP contribution < -0.4 is 10.6 Å². The number of nitrogens with zero attached hydrogens (tertiary/aromatic N) is 1. The summed E-state index contributed by atoms with van der Waals surface area (Å²) in [7, 11) is 0. The van der Waals surface area contributed by atoms with Gasteiger partial charge in [-0.1, -0.05) is 13.0 Å². The number of thiophene rings is 1. The van der Waals surface area contributed by atoms with E-state index in [-0.39, 0.29) is 24.9 Å². The van der Waals surface area contributed by atoms with E-state index in [2.05, 4.69) is 40.0 Å². The number of ether oxygens (including phenoxy) is 1. The number of piperidine rings is 1. The van der Waals surface area contributed by atoms with E-state index in [9.17, 15) is 9.59 Å². The van der Waals surface area contributed by atoms with Gasteiger partial charge in [0.15, 0.2) is 0 Å². The van der Waals surface area contributed by atoms with Crippen molar-refractivity contribution in [2.24, 2.45) is 5.92 Å². The number of hydrogen-bond acceptors (Lipinski definition) is 5. The molecule has 2 amide bonds. The molecule has 7 heteroatoms. The normalized spacial score (nSPS) is 17.3. The number of nitrogens with one attached hydrogen (secondary N) is 2. The maximum Gasteiger partial charge on any atom is 0.407 e. The largest absolute Gasteiger partial charge is 0.444 e. The number of amides is 2. The van der Waals surface area contributed by atoms with Crippen LogP contribution in [0.15, 0.2) is 17.5 Å². The van der Waals surface area contributed by atoms with Gasteiger partial charge in [-0.25, -0.2) is 4.79 Å². The fourth-order valence-corrected chi connectivity index (χ4v) is 3.98. The Kier molecular flexibility index (Phi) is 8.10. The summed E-state index contributed by atoms with van der Waals surface area (Å²) >= 11 is 1.74. The first-order chi connectivity index (χ1) is 12.7. The van der Waals surface area contributed by atoms with E-state index in [1.807, 2.05) is 20.8 Å². The van der Waals surface area contributed by atoms with Crippen LogP contribution in [0.3, 0.4) is 0 Å². The van der Waals surface area contributed by atoms with Crippen LogP contribution in [-0.2, 0) is 9.53 Å². The molecule has 1 saturated heterocycles. The van der Waals surface area contributed by atoms with Gasteiger partial charge in [0.25, 0.3) is 0 Å². The molecule has 1 aromatic heterocycles. The van der Waals surface area contributed by atoms with E-state index in [0.717, 1.165) is 19.0 Å². The Morgan fingerprint density at radius 1 is 1.30 bits per heavy atom. The van der Waals surface area contributed by atoms with Gasteiger partial charge in [-0.05, 0) is 64.1 Å². The third-order valence-electron chi connectivity index (χ3n) is 4.64. The molecule has 0 aromatic carbocycles. The van der Waals surface area contributed by atoms with E-state index < -0.39 is 11.7 Å². The second-order valence-electron chi connectivity index (χ2n) is 8.23. The van der Waals surface area contributed by atoms with Crippen molar-refractivity contribution in [3.05, 3.63) is 22.4 Å². The van der Waals surface area contributed by atoms with Gasteiger partial charge in [0, 0.05) is 24.4 Å². The third kappa shape index (κ3) is 7.89. The van der Waals surface area contributed by atoms with E-state index in [1.54, 1.807) is 11.3 Å². The molecule has 0 radical (unpaired) electrons. The monoisotopic (exact) mass is 395 g/mol. The summed E-state index contributed by atoms with van der Waals surface area (Å²) in [6.45, 7) is 10.7. The van der Waals surface area contributed by atoms with E-state index in [1.165, 1.54) is 17.7 Å². The molecule has 1 aromatic rings. The minimum Gasteiger partial charge on any atom is -0.444 e. The predicted molar refractivity (Wildman–Crippen MR) is 109 cm³/mol. The number of likely N-dealkylation sites (tertiary alicyclic amines) is 1. The van der Waals surface area contributed by atoms with Crippen molar-refractivity contribution in [1.82, 2.24) is 15.5 Å². The van der Waals surface area contributed by atoms with Crippen molar-refractivity contribution in [2.45, 2.75) is 58.6 Å². The first-order valence-corrected chi connectivity index (χ1v) is 10.6. The SMILES string of the molecule is CC1CCN(C(CNC(=O)CCNC(=O)OC(C)(C)C)c2cccs2)CC1. The Balaban J connectivity index is 1.77. The van der Waals surface area contributed by atoms with Gasteiger partial charge in [-0.2, -0.15) is 0 Å². The molecular formula is C20H33N3O3S. The Morgan fingerprint density at radius 3 is 2.59 bits per heavy atom. The van der Waals surface area contributed by atoms with Crippen LogP contribution in [0, 0.1) is 5.92 Å². The van der Waals surface area contributed by atoms with Crippen molar-refractivity contribution in [1.29, 1.82) is 0 Å². The minimum absolute atomic E-state index is 0.0574. The van der Waals surface area contributed by atoms with Gasteiger partial charge < -0.3 is 15.4 Å². The lowest BCUT2D eigenvalue weighted by atomic mass is 9.97. The molecule has 27 heavy (non-hydrogen) atoms. The topological polar surface area (TPSA) is 70.7 Å². The van der Waals surface area contributed by atoms with Gasteiger partial charge in [0.1, 0.15) is 5.60 Å². The van der Waals surface area contributed by atoms with Crippen molar-refractivity contribution in [2.75, 3.05) is 26.2 Å². The lowest BCUT2D eigenvalue weighted by Crippen LogP contribution is -2.42. The van der Waals surface area contributed by atoms with E-state index in [4.69, 9.17) is 4.74 Å². The Bertz CT molecular complexity index is 590. The van der Waals surface area contributed by atoms with E-state index in [0.29, 0.717) is 6.54 Å². The summed E-state index contributed by atoms with van der Waals surface area (Å²) in [4.78, 5) is 27.6. The molecule has 152 valence electrons. The molecule has 1 aliphatic heterocycles. The van der Waals surface area contributed by atoms with Crippen LogP contribution in [0.5, 0.6) is 0 Å². The molecule has 6 nitrogen and oxygen atoms in total. The van der Waals surface area contributed by atoms with Gasteiger partial charge in [-0.15, -0.1) is 11.3 Å². The molecule has 0 aliphatic carbocycles. The van der Waals surface area contributed by atoms with Crippen LogP contribution in [0.2, 0.25) is 0 Å². The molecule has 1 unspecified atom stereocenters. The summed E-state index contributed by atoms with van der Waals surface area (Å²) in [5.41, 5.74) is -0.536. The summed E-state index contributed by atoms with van der Waals surface area (Å²) in [6.07, 6.45) is 2.16. The second kappa shape index (κ2) is 10.1. The predicted octanol–water partition coefficient (Wildman–Crippen LogP) is 3.55. The van der Waals surface area contributed by atoms with Crippen molar-refractivity contribution < 1.29 is 14.3 Å².